The Labute approximate surface area is 122 Å². The maximum absolute atomic E-state index is 5.61. The highest BCUT2D eigenvalue weighted by Crippen LogP contribution is 2.29. The van der Waals surface area contributed by atoms with Crippen molar-refractivity contribution in [2.24, 2.45) is 0 Å². The minimum absolute atomic E-state index is 0.389. The molecular weight excluding hydrogens is 362 g/mol. The summed E-state index contributed by atoms with van der Waals surface area (Å²) < 4.78 is 7.53. The van der Waals surface area contributed by atoms with E-state index in [9.17, 15) is 0 Å². The van der Waals surface area contributed by atoms with Crippen molar-refractivity contribution < 1.29 is 4.42 Å². The summed E-state index contributed by atoms with van der Waals surface area (Å²) in [5, 5.41) is 11.3. The first kappa shape index (κ1) is 13.7. The van der Waals surface area contributed by atoms with Crippen LogP contribution in [-0.2, 0) is 6.54 Å². The highest BCUT2D eigenvalue weighted by atomic mass is 79.9. The Bertz CT molecular complexity index is 540. The summed E-state index contributed by atoms with van der Waals surface area (Å²) in [6, 6.07) is 6.21. The maximum atomic E-state index is 5.61. The van der Waals surface area contributed by atoms with Crippen molar-refractivity contribution in [2.45, 2.75) is 26.4 Å². The molecule has 4 nitrogen and oxygen atoms in total. The molecule has 0 aliphatic heterocycles. The minimum atomic E-state index is 0.389. The molecule has 0 spiro atoms. The predicted molar refractivity (Wildman–Crippen MR) is 77.1 cm³/mol. The molecule has 1 aromatic heterocycles. The van der Waals surface area contributed by atoms with Gasteiger partial charge in [0.1, 0.15) is 0 Å². The zero-order valence-electron chi connectivity index (χ0n) is 10.1. The lowest BCUT2D eigenvalue weighted by Gasteiger charge is -2.03. The molecule has 18 heavy (non-hydrogen) atoms. The van der Waals surface area contributed by atoms with Crippen LogP contribution in [0.25, 0.3) is 11.5 Å². The van der Waals surface area contributed by atoms with Gasteiger partial charge in [0.25, 0.3) is 0 Å². The molecule has 0 atom stereocenters. The second kappa shape index (κ2) is 5.95. The van der Waals surface area contributed by atoms with Gasteiger partial charge in [-0.15, -0.1) is 10.2 Å². The van der Waals surface area contributed by atoms with Gasteiger partial charge < -0.3 is 9.73 Å². The topological polar surface area (TPSA) is 51.0 Å². The first-order valence-corrected chi connectivity index (χ1v) is 7.16. The van der Waals surface area contributed by atoms with Crippen LogP contribution in [0.3, 0.4) is 0 Å². The molecule has 0 unspecified atom stereocenters. The Morgan fingerprint density at radius 2 is 2.06 bits per heavy atom. The van der Waals surface area contributed by atoms with Crippen LogP contribution in [0.15, 0.2) is 31.6 Å². The molecule has 0 radical (unpaired) electrons. The highest BCUT2D eigenvalue weighted by molar-refractivity contribution is 9.11. The lowest BCUT2D eigenvalue weighted by atomic mass is 10.2. The zero-order valence-corrected chi connectivity index (χ0v) is 13.2. The van der Waals surface area contributed by atoms with Gasteiger partial charge in [0.05, 0.1) is 12.1 Å². The Hall–Kier alpha value is -0.720. The molecule has 0 aliphatic carbocycles. The number of nitrogens with zero attached hydrogens (tertiary/aromatic N) is 2. The third kappa shape index (κ3) is 3.40. The Kier molecular flexibility index (Phi) is 4.53. The summed E-state index contributed by atoms with van der Waals surface area (Å²) in [6.07, 6.45) is 0. The molecule has 0 bridgehead atoms. The van der Waals surface area contributed by atoms with Crippen LogP contribution < -0.4 is 5.32 Å². The van der Waals surface area contributed by atoms with E-state index in [0.717, 1.165) is 14.5 Å². The second-order valence-corrected chi connectivity index (χ2v) is 5.93. The summed E-state index contributed by atoms with van der Waals surface area (Å²) in [4.78, 5) is 0. The Balaban J connectivity index is 2.18. The average Bonchev–Trinajstić information content (AvgIpc) is 2.75. The van der Waals surface area contributed by atoms with Gasteiger partial charge in [-0.25, -0.2) is 0 Å². The molecule has 0 saturated carbocycles. The van der Waals surface area contributed by atoms with Gasteiger partial charge in [-0.1, -0.05) is 29.8 Å². The normalized spacial score (nSPS) is 11.2. The number of rotatable bonds is 4. The molecule has 2 aromatic rings. The minimum Gasteiger partial charge on any atom is -0.419 e. The van der Waals surface area contributed by atoms with Gasteiger partial charge in [0, 0.05) is 15.0 Å². The van der Waals surface area contributed by atoms with E-state index in [2.05, 4.69) is 61.2 Å². The molecular formula is C12H13Br2N3O. The van der Waals surface area contributed by atoms with E-state index in [0.29, 0.717) is 24.4 Å². The fraction of sp³-hybridized carbons (Fsp3) is 0.333. The van der Waals surface area contributed by atoms with E-state index in [-0.39, 0.29) is 0 Å². The predicted octanol–water partition coefficient (Wildman–Crippen LogP) is 3.76. The molecule has 6 heteroatoms. The standard InChI is InChI=1S/C12H13Br2N3O/c1-7(2)15-6-11-16-17-12(18-11)9-4-3-8(13)5-10(9)14/h3-5,7,15H,6H2,1-2H3. The van der Waals surface area contributed by atoms with Crippen molar-refractivity contribution >= 4 is 31.9 Å². The fourth-order valence-corrected chi connectivity index (χ4v) is 2.60. The summed E-state index contributed by atoms with van der Waals surface area (Å²) in [5.74, 6) is 1.11. The average molecular weight is 375 g/mol. The van der Waals surface area contributed by atoms with E-state index >= 15 is 0 Å². The number of hydrogen-bond donors (Lipinski definition) is 1. The summed E-state index contributed by atoms with van der Waals surface area (Å²) >= 11 is 6.89. The molecule has 2 rings (SSSR count). The van der Waals surface area contributed by atoms with Crippen molar-refractivity contribution in [1.29, 1.82) is 0 Å². The maximum Gasteiger partial charge on any atom is 0.248 e. The van der Waals surface area contributed by atoms with Crippen LogP contribution in [0.5, 0.6) is 0 Å². The number of nitrogens with one attached hydrogen (secondary N) is 1. The SMILES string of the molecule is CC(C)NCc1nnc(-c2ccc(Br)cc2Br)o1. The highest BCUT2D eigenvalue weighted by Gasteiger charge is 2.11. The Morgan fingerprint density at radius 1 is 1.28 bits per heavy atom. The Morgan fingerprint density at radius 3 is 2.72 bits per heavy atom. The number of benzene rings is 1. The van der Waals surface area contributed by atoms with Crippen LogP contribution in [-0.4, -0.2) is 16.2 Å². The van der Waals surface area contributed by atoms with Crippen LogP contribution in [0.4, 0.5) is 0 Å². The van der Waals surface area contributed by atoms with Gasteiger partial charge in [0.2, 0.25) is 11.8 Å². The quantitative estimate of drug-likeness (QED) is 0.885. The fourth-order valence-electron chi connectivity index (χ4n) is 1.39. The van der Waals surface area contributed by atoms with Gasteiger partial charge in [-0.3, -0.25) is 0 Å². The summed E-state index contributed by atoms with van der Waals surface area (Å²) in [6.45, 7) is 4.73. The van der Waals surface area contributed by atoms with E-state index in [1.165, 1.54) is 0 Å². The second-order valence-electron chi connectivity index (χ2n) is 4.16. The van der Waals surface area contributed by atoms with Crippen LogP contribution in [0, 0.1) is 0 Å². The van der Waals surface area contributed by atoms with E-state index in [1.54, 1.807) is 0 Å². The van der Waals surface area contributed by atoms with Gasteiger partial charge in [0.15, 0.2) is 0 Å². The monoisotopic (exact) mass is 373 g/mol. The molecule has 1 N–H and O–H groups in total. The smallest absolute Gasteiger partial charge is 0.248 e. The first-order chi connectivity index (χ1) is 8.56. The van der Waals surface area contributed by atoms with Crippen LogP contribution in [0.2, 0.25) is 0 Å². The van der Waals surface area contributed by atoms with Gasteiger partial charge >= 0.3 is 0 Å². The van der Waals surface area contributed by atoms with Crippen molar-refractivity contribution in [2.75, 3.05) is 0 Å². The van der Waals surface area contributed by atoms with Crippen molar-refractivity contribution in [1.82, 2.24) is 15.5 Å². The van der Waals surface area contributed by atoms with Gasteiger partial charge in [-0.2, -0.15) is 0 Å². The van der Waals surface area contributed by atoms with E-state index in [4.69, 9.17) is 4.42 Å². The van der Waals surface area contributed by atoms with Crippen molar-refractivity contribution in [3.05, 3.63) is 33.0 Å². The van der Waals surface area contributed by atoms with E-state index < -0.39 is 0 Å². The molecule has 1 aromatic carbocycles. The molecule has 0 amide bonds. The summed E-state index contributed by atoms with van der Waals surface area (Å²) in [5.41, 5.74) is 0.890. The van der Waals surface area contributed by atoms with Gasteiger partial charge in [-0.05, 0) is 34.1 Å². The number of aromatic nitrogens is 2. The number of hydrogen-bond acceptors (Lipinski definition) is 4. The molecule has 96 valence electrons. The summed E-state index contributed by atoms with van der Waals surface area (Å²) in [7, 11) is 0. The lowest BCUT2D eigenvalue weighted by molar-refractivity contribution is 0.458. The van der Waals surface area contributed by atoms with Crippen molar-refractivity contribution in [3.8, 4) is 11.5 Å². The molecule has 1 heterocycles. The van der Waals surface area contributed by atoms with Crippen molar-refractivity contribution in [3.63, 3.8) is 0 Å². The molecule has 0 aliphatic rings. The third-order valence-corrected chi connectivity index (χ3v) is 3.44. The molecule has 0 fully saturated rings. The first-order valence-electron chi connectivity index (χ1n) is 5.57. The largest absolute Gasteiger partial charge is 0.419 e. The van der Waals surface area contributed by atoms with Crippen LogP contribution in [0.1, 0.15) is 19.7 Å². The third-order valence-electron chi connectivity index (χ3n) is 2.29. The lowest BCUT2D eigenvalue weighted by Crippen LogP contribution is -2.21. The number of halogens is 2. The zero-order chi connectivity index (χ0) is 13.1. The van der Waals surface area contributed by atoms with Crippen LogP contribution >= 0.6 is 31.9 Å². The molecule has 0 saturated heterocycles. The van der Waals surface area contributed by atoms with E-state index in [1.807, 2.05) is 18.2 Å².